The summed E-state index contributed by atoms with van der Waals surface area (Å²) >= 11 is 0. The highest BCUT2D eigenvalue weighted by atomic mass is 32.2. The summed E-state index contributed by atoms with van der Waals surface area (Å²) in [4.78, 5) is 1.79. The van der Waals surface area contributed by atoms with Crippen molar-refractivity contribution in [3.63, 3.8) is 0 Å². The fourth-order valence-electron chi connectivity index (χ4n) is 2.41. The minimum atomic E-state index is -3.42. The molecule has 0 amide bonds. The van der Waals surface area contributed by atoms with Gasteiger partial charge in [-0.25, -0.2) is 17.5 Å². The van der Waals surface area contributed by atoms with Crippen LogP contribution in [0.3, 0.4) is 0 Å². The number of ether oxygens (including phenoxy) is 1. The van der Waals surface area contributed by atoms with Crippen LogP contribution in [0.5, 0.6) is 0 Å². The summed E-state index contributed by atoms with van der Waals surface area (Å²) in [5.41, 5.74) is 1.11. The van der Waals surface area contributed by atoms with Gasteiger partial charge in [-0.05, 0) is 37.5 Å². The van der Waals surface area contributed by atoms with E-state index in [0.717, 1.165) is 12.8 Å². The lowest BCUT2D eigenvalue weighted by Crippen LogP contribution is -2.31. The largest absolute Gasteiger partial charge is 0.377 e. The van der Waals surface area contributed by atoms with Gasteiger partial charge in [0.2, 0.25) is 10.0 Å². The smallest absolute Gasteiger partial charge is 0.214 e. The SMILES string of the molecule is CCN(C)c1ccc(CNS(=O)(=O)C[C@@H]2CCCO2)cc1F. The molecular formula is C15H23FN2O3S. The van der Waals surface area contributed by atoms with Crippen LogP contribution in [0, 0.1) is 5.82 Å². The zero-order valence-corrected chi connectivity index (χ0v) is 13.8. The molecule has 1 N–H and O–H groups in total. The molecule has 1 aliphatic rings. The highest BCUT2D eigenvalue weighted by Crippen LogP contribution is 2.19. The van der Waals surface area contributed by atoms with Gasteiger partial charge in [-0.2, -0.15) is 0 Å². The number of halogens is 1. The third-order valence-electron chi connectivity index (χ3n) is 3.82. The van der Waals surface area contributed by atoms with Gasteiger partial charge in [0, 0.05) is 26.7 Å². The number of rotatable bonds is 7. The Bertz CT molecular complexity index is 601. The minimum absolute atomic E-state index is 0.0356. The van der Waals surface area contributed by atoms with E-state index in [1.165, 1.54) is 6.07 Å². The maximum atomic E-state index is 14.0. The maximum Gasteiger partial charge on any atom is 0.214 e. The van der Waals surface area contributed by atoms with Crippen LogP contribution in [-0.2, 0) is 21.3 Å². The van der Waals surface area contributed by atoms with Gasteiger partial charge in [-0.3, -0.25) is 0 Å². The summed E-state index contributed by atoms with van der Waals surface area (Å²) in [7, 11) is -1.61. The van der Waals surface area contributed by atoms with Crippen molar-refractivity contribution < 1.29 is 17.5 Å². The van der Waals surface area contributed by atoms with Crippen LogP contribution in [0.4, 0.5) is 10.1 Å². The van der Waals surface area contributed by atoms with Crippen molar-refractivity contribution in [2.75, 3.05) is 30.9 Å². The van der Waals surface area contributed by atoms with E-state index in [4.69, 9.17) is 4.74 Å². The van der Waals surface area contributed by atoms with Gasteiger partial charge in [0.25, 0.3) is 0 Å². The second-order valence-electron chi connectivity index (χ2n) is 5.54. The van der Waals surface area contributed by atoms with Crippen LogP contribution < -0.4 is 9.62 Å². The molecule has 0 bridgehead atoms. The van der Waals surface area contributed by atoms with Crippen molar-refractivity contribution in [1.29, 1.82) is 0 Å². The second-order valence-corrected chi connectivity index (χ2v) is 7.39. The Labute approximate surface area is 131 Å². The van der Waals surface area contributed by atoms with E-state index >= 15 is 0 Å². The molecule has 22 heavy (non-hydrogen) atoms. The third kappa shape index (κ3) is 4.66. The molecule has 0 radical (unpaired) electrons. The molecule has 0 spiro atoms. The predicted octanol–water partition coefficient (Wildman–Crippen LogP) is 1.88. The number of hydrogen-bond donors (Lipinski definition) is 1. The molecule has 2 rings (SSSR count). The number of nitrogens with one attached hydrogen (secondary N) is 1. The first-order valence-corrected chi connectivity index (χ1v) is 9.15. The standard InChI is InChI=1S/C15H23FN2O3S/c1-3-18(2)15-7-6-12(9-14(15)16)10-17-22(19,20)11-13-5-4-8-21-13/h6-7,9,13,17H,3-5,8,10-11H2,1-2H3/t13-/m0/s1. The Morgan fingerprint density at radius 2 is 2.23 bits per heavy atom. The Balaban J connectivity index is 1.94. The average Bonchev–Trinajstić information content (AvgIpc) is 2.96. The van der Waals surface area contributed by atoms with Gasteiger partial charge in [-0.15, -0.1) is 0 Å². The van der Waals surface area contributed by atoms with E-state index in [-0.39, 0.29) is 24.2 Å². The molecule has 124 valence electrons. The van der Waals surface area contributed by atoms with Crippen molar-refractivity contribution >= 4 is 15.7 Å². The van der Waals surface area contributed by atoms with Crippen LogP contribution in [0.1, 0.15) is 25.3 Å². The summed E-state index contributed by atoms with van der Waals surface area (Å²) in [6, 6.07) is 4.78. The van der Waals surface area contributed by atoms with Crippen LogP contribution in [-0.4, -0.2) is 40.5 Å². The normalized spacial score (nSPS) is 18.6. The molecule has 1 aromatic carbocycles. The molecule has 1 heterocycles. The number of sulfonamides is 1. The molecule has 1 aliphatic heterocycles. The molecule has 5 nitrogen and oxygen atoms in total. The molecule has 0 aromatic heterocycles. The lowest BCUT2D eigenvalue weighted by Gasteiger charge is -2.18. The monoisotopic (exact) mass is 330 g/mol. The fraction of sp³-hybridized carbons (Fsp3) is 0.600. The highest BCUT2D eigenvalue weighted by molar-refractivity contribution is 7.89. The Hall–Kier alpha value is -1.18. The molecule has 7 heteroatoms. The van der Waals surface area contributed by atoms with Crippen molar-refractivity contribution in [3.05, 3.63) is 29.6 Å². The quantitative estimate of drug-likeness (QED) is 0.829. The molecule has 1 saturated heterocycles. The number of benzene rings is 1. The van der Waals surface area contributed by atoms with Gasteiger partial charge in [0.15, 0.2) is 0 Å². The Morgan fingerprint density at radius 3 is 2.82 bits per heavy atom. The number of anilines is 1. The zero-order chi connectivity index (χ0) is 16.2. The number of hydrogen-bond acceptors (Lipinski definition) is 4. The molecular weight excluding hydrogens is 307 g/mol. The van der Waals surface area contributed by atoms with E-state index in [1.54, 1.807) is 17.0 Å². The van der Waals surface area contributed by atoms with E-state index in [9.17, 15) is 12.8 Å². The average molecular weight is 330 g/mol. The molecule has 0 aliphatic carbocycles. The van der Waals surface area contributed by atoms with Crippen molar-refractivity contribution in [3.8, 4) is 0 Å². The number of nitrogens with zero attached hydrogens (tertiary/aromatic N) is 1. The van der Waals surface area contributed by atoms with E-state index in [1.807, 2.05) is 14.0 Å². The van der Waals surface area contributed by atoms with Gasteiger partial charge in [-0.1, -0.05) is 6.07 Å². The highest BCUT2D eigenvalue weighted by Gasteiger charge is 2.23. The lowest BCUT2D eigenvalue weighted by molar-refractivity contribution is 0.127. The van der Waals surface area contributed by atoms with Crippen LogP contribution in [0.2, 0.25) is 0 Å². The first kappa shape index (κ1) is 17.2. The predicted molar refractivity (Wildman–Crippen MR) is 84.9 cm³/mol. The van der Waals surface area contributed by atoms with Crippen molar-refractivity contribution in [2.45, 2.75) is 32.4 Å². The van der Waals surface area contributed by atoms with Gasteiger partial charge >= 0.3 is 0 Å². The van der Waals surface area contributed by atoms with Crippen LogP contribution in [0.25, 0.3) is 0 Å². The van der Waals surface area contributed by atoms with Gasteiger partial charge in [0.1, 0.15) is 5.82 Å². The molecule has 0 saturated carbocycles. The summed E-state index contributed by atoms with van der Waals surface area (Å²) in [6.07, 6.45) is 1.44. The maximum absolute atomic E-state index is 14.0. The topological polar surface area (TPSA) is 58.6 Å². The Kier molecular flexibility index (Phi) is 5.77. The summed E-state index contributed by atoms with van der Waals surface area (Å²) < 4.78 is 45.8. The van der Waals surface area contributed by atoms with E-state index in [0.29, 0.717) is 24.4 Å². The summed E-state index contributed by atoms with van der Waals surface area (Å²) in [6.45, 7) is 3.34. The minimum Gasteiger partial charge on any atom is -0.377 e. The molecule has 1 atom stereocenters. The van der Waals surface area contributed by atoms with Crippen LogP contribution in [0.15, 0.2) is 18.2 Å². The molecule has 0 unspecified atom stereocenters. The summed E-state index contributed by atoms with van der Waals surface area (Å²) in [5, 5.41) is 0. The Morgan fingerprint density at radius 1 is 1.45 bits per heavy atom. The zero-order valence-electron chi connectivity index (χ0n) is 13.0. The van der Waals surface area contributed by atoms with Gasteiger partial charge in [0.05, 0.1) is 17.5 Å². The first-order chi connectivity index (χ1) is 10.4. The van der Waals surface area contributed by atoms with Crippen molar-refractivity contribution in [2.24, 2.45) is 0 Å². The van der Waals surface area contributed by atoms with Crippen molar-refractivity contribution in [1.82, 2.24) is 4.72 Å². The third-order valence-corrected chi connectivity index (χ3v) is 5.22. The first-order valence-electron chi connectivity index (χ1n) is 7.50. The summed E-state index contributed by atoms with van der Waals surface area (Å²) in [5.74, 6) is -0.383. The second kappa shape index (κ2) is 7.39. The molecule has 1 fully saturated rings. The fourth-order valence-corrected chi connectivity index (χ4v) is 3.67. The van der Waals surface area contributed by atoms with Gasteiger partial charge < -0.3 is 9.64 Å². The van der Waals surface area contributed by atoms with Crippen LogP contribution >= 0.6 is 0 Å². The van der Waals surface area contributed by atoms with E-state index < -0.39 is 10.0 Å². The molecule has 1 aromatic rings. The van der Waals surface area contributed by atoms with E-state index in [2.05, 4.69) is 4.72 Å². The lowest BCUT2D eigenvalue weighted by atomic mass is 10.2.